The van der Waals surface area contributed by atoms with E-state index in [0.717, 1.165) is 44.9 Å². The molecule has 0 aliphatic carbocycles. The maximum atomic E-state index is 13.9. The molecular formula is C28H25N3O2S. The molecule has 0 amide bonds. The maximum Gasteiger partial charge on any atom is 0.195 e. The van der Waals surface area contributed by atoms with Crippen LogP contribution >= 0.6 is 11.8 Å². The van der Waals surface area contributed by atoms with Gasteiger partial charge in [0.1, 0.15) is 11.6 Å². The largest absolute Gasteiger partial charge is 0.493 e. The summed E-state index contributed by atoms with van der Waals surface area (Å²) in [6.07, 6.45) is 7.48. The summed E-state index contributed by atoms with van der Waals surface area (Å²) in [5.74, 6) is 2.49. The van der Waals surface area contributed by atoms with Crippen molar-refractivity contribution >= 4 is 28.3 Å². The zero-order valence-corrected chi connectivity index (χ0v) is 19.9. The monoisotopic (exact) mass is 467 g/mol. The SMILES string of the molecule is CSCCOc1ccc(C(=O)c2c(-c3cccc4ccccc34)cn(-c3cnc[nH]3)c2C)cc1. The van der Waals surface area contributed by atoms with E-state index in [1.54, 1.807) is 24.3 Å². The number of nitrogens with zero attached hydrogens (tertiary/aromatic N) is 2. The Labute approximate surface area is 202 Å². The van der Waals surface area contributed by atoms with Crippen molar-refractivity contribution in [2.75, 3.05) is 18.6 Å². The van der Waals surface area contributed by atoms with Gasteiger partial charge in [0, 0.05) is 28.8 Å². The van der Waals surface area contributed by atoms with Crippen LogP contribution in [0.3, 0.4) is 0 Å². The number of aromatic amines is 1. The summed E-state index contributed by atoms with van der Waals surface area (Å²) in [6, 6.07) is 21.9. The third kappa shape index (κ3) is 4.13. The second-order valence-corrected chi connectivity index (χ2v) is 9.02. The second-order valence-electron chi connectivity index (χ2n) is 8.03. The lowest BCUT2D eigenvalue weighted by atomic mass is 9.93. The minimum atomic E-state index is -0.0191. The maximum absolute atomic E-state index is 13.9. The van der Waals surface area contributed by atoms with E-state index in [1.807, 2.05) is 60.2 Å². The summed E-state index contributed by atoms with van der Waals surface area (Å²) < 4.78 is 7.75. The average molecular weight is 468 g/mol. The Kier molecular flexibility index (Phi) is 6.23. The highest BCUT2D eigenvalue weighted by molar-refractivity contribution is 7.98. The van der Waals surface area contributed by atoms with Gasteiger partial charge in [0.2, 0.25) is 0 Å². The third-order valence-corrected chi connectivity index (χ3v) is 6.55. The number of imidazole rings is 1. The van der Waals surface area contributed by atoms with E-state index in [4.69, 9.17) is 4.74 Å². The molecule has 5 rings (SSSR count). The number of carbonyl (C=O) groups excluding carboxylic acids is 1. The Hall–Kier alpha value is -3.77. The first-order valence-electron chi connectivity index (χ1n) is 11.1. The molecule has 5 aromatic rings. The number of carbonyl (C=O) groups is 1. The van der Waals surface area contributed by atoms with Crippen LogP contribution in [0.2, 0.25) is 0 Å². The van der Waals surface area contributed by atoms with Crippen molar-refractivity contribution in [3.8, 4) is 22.7 Å². The van der Waals surface area contributed by atoms with Crippen molar-refractivity contribution in [3.63, 3.8) is 0 Å². The van der Waals surface area contributed by atoms with E-state index in [0.29, 0.717) is 17.7 Å². The summed E-state index contributed by atoms with van der Waals surface area (Å²) >= 11 is 1.74. The lowest BCUT2D eigenvalue weighted by Crippen LogP contribution is -2.06. The predicted molar refractivity (Wildman–Crippen MR) is 139 cm³/mol. The van der Waals surface area contributed by atoms with Crippen LogP contribution < -0.4 is 4.74 Å². The average Bonchev–Trinajstić information content (AvgIpc) is 3.52. The second kappa shape index (κ2) is 9.61. The first-order valence-corrected chi connectivity index (χ1v) is 12.5. The number of hydrogen-bond acceptors (Lipinski definition) is 4. The van der Waals surface area contributed by atoms with E-state index in [2.05, 4.69) is 40.5 Å². The summed E-state index contributed by atoms with van der Waals surface area (Å²) in [4.78, 5) is 21.2. The number of benzene rings is 3. The van der Waals surface area contributed by atoms with Gasteiger partial charge in [-0.3, -0.25) is 4.79 Å². The van der Waals surface area contributed by atoms with Crippen molar-refractivity contribution in [1.82, 2.24) is 14.5 Å². The number of thioether (sulfide) groups is 1. The van der Waals surface area contributed by atoms with E-state index in [1.165, 1.54) is 0 Å². The number of H-pyrrole nitrogens is 1. The molecule has 0 saturated carbocycles. The van der Waals surface area contributed by atoms with Gasteiger partial charge in [-0.05, 0) is 53.8 Å². The molecule has 3 aromatic carbocycles. The minimum absolute atomic E-state index is 0.0191. The number of hydrogen-bond donors (Lipinski definition) is 1. The van der Waals surface area contributed by atoms with Crippen LogP contribution in [0, 0.1) is 6.92 Å². The Morgan fingerprint density at radius 3 is 2.59 bits per heavy atom. The van der Waals surface area contributed by atoms with Crippen LogP contribution in [0.5, 0.6) is 5.75 Å². The van der Waals surface area contributed by atoms with E-state index in [9.17, 15) is 4.79 Å². The summed E-state index contributed by atoms with van der Waals surface area (Å²) in [7, 11) is 0. The predicted octanol–water partition coefficient (Wildman–Crippen LogP) is 6.30. The van der Waals surface area contributed by atoms with Gasteiger partial charge in [0.15, 0.2) is 5.78 Å². The number of rotatable bonds is 8. The van der Waals surface area contributed by atoms with Gasteiger partial charge in [0.05, 0.1) is 24.7 Å². The van der Waals surface area contributed by atoms with Gasteiger partial charge in [-0.25, -0.2) is 4.98 Å². The van der Waals surface area contributed by atoms with Crippen molar-refractivity contribution in [1.29, 1.82) is 0 Å². The topological polar surface area (TPSA) is 59.9 Å². The molecule has 5 nitrogen and oxygen atoms in total. The number of aromatic nitrogens is 3. The van der Waals surface area contributed by atoms with Crippen molar-refractivity contribution in [3.05, 3.63) is 102 Å². The highest BCUT2D eigenvalue weighted by Crippen LogP contribution is 2.36. The normalized spacial score (nSPS) is 11.1. The van der Waals surface area contributed by atoms with Crippen LogP contribution in [-0.4, -0.2) is 38.9 Å². The number of fused-ring (bicyclic) bond motifs is 1. The fourth-order valence-corrected chi connectivity index (χ4v) is 4.53. The van der Waals surface area contributed by atoms with Gasteiger partial charge in [-0.15, -0.1) is 0 Å². The zero-order chi connectivity index (χ0) is 23.5. The molecule has 0 atom stereocenters. The Bertz CT molecular complexity index is 1430. The van der Waals surface area contributed by atoms with Crippen molar-refractivity contribution in [2.45, 2.75) is 6.92 Å². The molecule has 0 bridgehead atoms. The fourth-order valence-electron chi connectivity index (χ4n) is 4.28. The lowest BCUT2D eigenvalue weighted by Gasteiger charge is -2.10. The molecule has 0 spiro atoms. The molecule has 0 saturated heterocycles. The molecule has 0 aliphatic heterocycles. The van der Waals surface area contributed by atoms with Crippen molar-refractivity contribution in [2.24, 2.45) is 0 Å². The number of ether oxygens (including phenoxy) is 1. The fraction of sp³-hybridized carbons (Fsp3) is 0.143. The highest BCUT2D eigenvalue weighted by Gasteiger charge is 2.23. The molecule has 0 aliphatic rings. The van der Waals surface area contributed by atoms with Gasteiger partial charge in [-0.1, -0.05) is 42.5 Å². The van der Waals surface area contributed by atoms with Crippen LogP contribution in [0.4, 0.5) is 0 Å². The lowest BCUT2D eigenvalue weighted by molar-refractivity contribution is 0.103. The van der Waals surface area contributed by atoms with Gasteiger partial charge in [-0.2, -0.15) is 11.8 Å². The molecule has 0 radical (unpaired) electrons. The molecular weight excluding hydrogens is 442 g/mol. The Morgan fingerprint density at radius 1 is 1.03 bits per heavy atom. The molecule has 2 heterocycles. The van der Waals surface area contributed by atoms with Crippen molar-refractivity contribution < 1.29 is 9.53 Å². The molecule has 1 N–H and O–H groups in total. The van der Waals surface area contributed by atoms with Crippen LogP contribution in [-0.2, 0) is 0 Å². The van der Waals surface area contributed by atoms with Crippen LogP contribution in [0.1, 0.15) is 21.6 Å². The first kappa shape index (κ1) is 22.0. The van der Waals surface area contributed by atoms with E-state index >= 15 is 0 Å². The molecule has 0 fully saturated rings. The quantitative estimate of drug-likeness (QED) is 0.215. The molecule has 6 heteroatoms. The Morgan fingerprint density at radius 2 is 1.82 bits per heavy atom. The summed E-state index contributed by atoms with van der Waals surface area (Å²) in [6.45, 7) is 2.62. The smallest absolute Gasteiger partial charge is 0.195 e. The van der Waals surface area contributed by atoms with Crippen LogP contribution in [0.25, 0.3) is 27.7 Å². The van der Waals surface area contributed by atoms with Gasteiger partial charge in [0.25, 0.3) is 0 Å². The number of ketones is 1. The van der Waals surface area contributed by atoms with Gasteiger partial charge >= 0.3 is 0 Å². The Balaban J connectivity index is 1.62. The zero-order valence-electron chi connectivity index (χ0n) is 19.1. The highest BCUT2D eigenvalue weighted by atomic mass is 32.2. The summed E-state index contributed by atoms with van der Waals surface area (Å²) in [5.41, 5.74) is 4.10. The molecule has 2 aromatic heterocycles. The first-order chi connectivity index (χ1) is 16.7. The number of nitrogens with one attached hydrogen (secondary N) is 1. The van der Waals surface area contributed by atoms with E-state index in [-0.39, 0.29) is 5.78 Å². The van der Waals surface area contributed by atoms with Gasteiger partial charge < -0.3 is 14.3 Å². The molecule has 170 valence electrons. The third-order valence-electron chi connectivity index (χ3n) is 5.97. The molecule has 34 heavy (non-hydrogen) atoms. The molecule has 0 unspecified atom stereocenters. The summed E-state index contributed by atoms with van der Waals surface area (Å²) in [5, 5.41) is 2.25. The van der Waals surface area contributed by atoms with Crippen LogP contribution in [0.15, 0.2) is 85.5 Å². The van der Waals surface area contributed by atoms with E-state index < -0.39 is 0 Å². The standard InChI is InChI=1S/C28H25N3O2S/c1-19-27(28(32)21-10-12-22(13-11-21)33-14-15-34-2)25(17-31(19)26-16-29-18-30-26)24-9-5-7-20-6-3-4-8-23(20)24/h3-13,16-18H,14-15H2,1-2H3,(H,29,30). The minimum Gasteiger partial charge on any atom is -0.493 e.